The highest BCUT2D eigenvalue weighted by atomic mass is 16.1. The normalized spacial score (nSPS) is 15.3. The van der Waals surface area contributed by atoms with Crippen molar-refractivity contribution in [3.8, 4) is 6.07 Å². The number of carbonyl (C=O) groups excluding carboxylic acids is 1. The van der Waals surface area contributed by atoms with Crippen LogP contribution in [0, 0.1) is 11.3 Å². The fraction of sp³-hybridized carbons (Fsp3) is 0.350. The van der Waals surface area contributed by atoms with Crippen LogP contribution in [-0.2, 0) is 0 Å². The van der Waals surface area contributed by atoms with Crippen LogP contribution in [0.5, 0.6) is 0 Å². The second-order valence-electron chi connectivity index (χ2n) is 6.35. The third-order valence-corrected chi connectivity index (χ3v) is 4.57. The predicted octanol–water partition coefficient (Wildman–Crippen LogP) is 3.43. The van der Waals surface area contributed by atoms with E-state index < -0.39 is 0 Å². The molecule has 0 aliphatic carbocycles. The van der Waals surface area contributed by atoms with Crippen molar-refractivity contribution >= 4 is 11.7 Å². The fourth-order valence-corrected chi connectivity index (χ4v) is 3.14. The number of hydrogen-bond donors (Lipinski definition) is 1. The maximum Gasteiger partial charge on any atom is 0.255 e. The lowest BCUT2D eigenvalue weighted by atomic mass is 10.1. The summed E-state index contributed by atoms with van der Waals surface area (Å²) in [4.78, 5) is 19.4. The molecule has 1 aliphatic heterocycles. The second-order valence-corrected chi connectivity index (χ2v) is 6.35. The molecule has 5 heteroatoms. The van der Waals surface area contributed by atoms with Crippen molar-refractivity contribution < 1.29 is 4.79 Å². The molecule has 0 saturated carbocycles. The van der Waals surface area contributed by atoms with Crippen molar-refractivity contribution in [2.75, 3.05) is 18.0 Å². The second kappa shape index (κ2) is 7.80. The third kappa shape index (κ3) is 3.97. The van der Waals surface area contributed by atoms with Gasteiger partial charge in [0.25, 0.3) is 5.91 Å². The van der Waals surface area contributed by atoms with Gasteiger partial charge in [-0.2, -0.15) is 5.26 Å². The standard InChI is InChI=1S/C20H22N4O/c1-15(17-9-7-16(14-21)8-10-17)23-20(25)18-6-5-11-22-19(18)24-12-3-2-4-13-24/h5-11,15H,2-4,12-13H2,1H3,(H,23,25). The van der Waals surface area contributed by atoms with Crippen molar-refractivity contribution in [2.24, 2.45) is 0 Å². The molecule has 2 aromatic rings. The predicted molar refractivity (Wildman–Crippen MR) is 97.3 cm³/mol. The summed E-state index contributed by atoms with van der Waals surface area (Å²) in [5.41, 5.74) is 2.20. The molecule has 128 valence electrons. The first-order valence-corrected chi connectivity index (χ1v) is 8.70. The van der Waals surface area contributed by atoms with Gasteiger partial charge >= 0.3 is 0 Å². The molecule has 1 N–H and O–H groups in total. The van der Waals surface area contributed by atoms with Crippen LogP contribution in [0.15, 0.2) is 42.6 Å². The Kier molecular flexibility index (Phi) is 5.30. The van der Waals surface area contributed by atoms with E-state index in [2.05, 4.69) is 21.3 Å². The first-order chi connectivity index (χ1) is 12.2. The summed E-state index contributed by atoms with van der Waals surface area (Å²) in [5, 5.41) is 11.9. The Hall–Kier alpha value is -2.87. The SMILES string of the molecule is CC(NC(=O)c1cccnc1N1CCCCC1)c1ccc(C#N)cc1. The number of carbonyl (C=O) groups is 1. The number of pyridine rings is 1. The highest BCUT2D eigenvalue weighted by molar-refractivity contribution is 5.99. The summed E-state index contributed by atoms with van der Waals surface area (Å²) in [6, 6.07) is 12.9. The molecule has 1 aromatic carbocycles. The summed E-state index contributed by atoms with van der Waals surface area (Å²) in [6.07, 6.45) is 5.25. The van der Waals surface area contributed by atoms with Crippen molar-refractivity contribution in [1.29, 1.82) is 5.26 Å². The Morgan fingerprint density at radius 2 is 1.92 bits per heavy atom. The largest absolute Gasteiger partial charge is 0.356 e. The van der Waals surface area contributed by atoms with Crippen LogP contribution in [0.4, 0.5) is 5.82 Å². The molecular formula is C20H22N4O. The Labute approximate surface area is 148 Å². The van der Waals surface area contributed by atoms with Gasteiger partial charge in [0.15, 0.2) is 0 Å². The van der Waals surface area contributed by atoms with Crippen LogP contribution < -0.4 is 10.2 Å². The van der Waals surface area contributed by atoms with Crippen LogP contribution in [0.25, 0.3) is 0 Å². The zero-order valence-electron chi connectivity index (χ0n) is 14.4. The zero-order valence-corrected chi connectivity index (χ0v) is 14.4. The molecule has 3 rings (SSSR count). The lowest BCUT2D eigenvalue weighted by Crippen LogP contribution is -2.34. The van der Waals surface area contributed by atoms with Gasteiger partial charge in [-0.05, 0) is 56.0 Å². The van der Waals surface area contributed by atoms with E-state index in [9.17, 15) is 4.79 Å². The van der Waals surface area contributed by atoms with E-state index >= 15 is 0 Å². The minimum absolute atomic E-state index is 0.120. The molecule has 1 amide bonds. The Balaban J connectivity index is 1.75. The number of nitrogens with zero attached hydrogens (tertiary/aromatic N) is 3. The summed E-state index contributed by atoms with van der Waals surface area (Å²) in [5.74, 6) is 0.650. The molecule has 2 heterocycles. The van der Waals surface area contributed by atoms with Gasteiger partial charge in [0.1, 0.15) is 5.82 Å². The van der Waals surface area contributed by atoms with Gasteiger partial charge < -0.3 is 10.2 Å². The quantitative estimate of drug-likeness (QED) is 0.930. The van der Waals surface area contributed by atoms with Gasteiger partial charge in [-0.1, -0.05) is 12.1 Å². The number of benzene rings is 1. The smallest absolute Gasteiger partial charge is 0.255 e. The monoisotopic (exact) mass is 334 g/mol. The molecule has 1 fully saturated rings. The van der Waals surface area contributed by atoms with Gasteiger partial charge in [0.05, 0.1) is 23.2 Å². The number of nitrogens with one attached hydrogen (secondary N) is 1. The van der Waals surface area contributed by atoms with E-state index in [0.717, 1.165) is 37.3 Å². The van der Waals surface area contributed by atoms with Gasteiger partial charge in [0.2, 0.25) is 0 Å². The van der Waals surface area contributed by atoms with E-state index in [1.165, 1.54) is 6.42 Å². The van der Waals surface area contributed by atoms with Gasteiger partial charge in [-0.25, -0.2) is 4.98 Å². The molecular weight excluding hydrogens is 312 g/mol. The van der Waals surface area contributed by atoms with E-state index in [1.54, 1.807) is 24.4 Å². The van der Waals surface area contributed by atoms with Crippen LogP contribution in [0.3, 0.4) is 0 Å². The maximum atomic E-state index is 12.8. The lowest BCUT2D eigenvalue weighted by Gasteiger charge is -2.29. The van der Waals surface area contributed by atoms with Crippen LogP contribution >= 0.6 is 0 Å². The number of nitriles is 1. The summed E-state index contributed by atoms with van der Waals surface area (Å²) < 4.78 is 0. The lowest BCUT2D eigenvalue weighted by molar-refractivity contribution is 0.0940. The average Bonchev–Trinajstić information content (AvgIpc) is 2.68. The molecule has 1 aromatic heterocycles. The molecule has 25 heavy (non-hydrogen) atoms. The summed E-state index contributed by atoms with van der Waals surface area (Å²) in [7, 11) is 0. The van der Waals surface area contributed by atoms with E-state index in [0.29, 0.717) is 11.1 Å². The highest BCUT2D eigenvalue weighted by Crippen LogP contribution is 2.22. The average molecular weight is 334 g/mol. The molecule has 1 saturated heterocycles. The first kappa shape index (κ1) is 17.0. The van der Waals surface area contributed by atoms with Crippen LogP contribution in [0.1, 0.15) is 53.7 Å². The van der Waals surface area contributed by atoms with Crippen LogP contribution in [0.2, 0.25) is 0 Å². The van der Waals surface area contributed by atoms with E-state index in [4.69, 9.17) is 5.26 Å². The Bertz CT molecular complexity index is 773. The molecule has 0 spiro atoms. The van der Waals surface area contributed by atoms with Gasteiger partial charge in [0, 0.05) is 19.3 Å². The third-order valence-electron chi connectivity index (χ3n) is 4.57. The fourth-order valence-electron chi connectivity index (χ4n) is 3.14. The number of amides is 1. The highest BCUT2D eigenvalue weighted by Gasteiger charge is 2.20. The minimum Gasteiger partial charge on any atom is -0.356 e. The van der Waals surface area contributed by atoms with Crippen molar-refractivity contribution in [3.63, 3.8) is 0 Å². The number of anilines is 1. The summed E-state index contributed by atoms with van der Waals surface area (Å²) in [6.45, 7) is 3.83. The number of rotatable bonds is 4. The summed E-state index contributed by atoms with van der Waals surface area (Å²) >= 11 is 0. The number of aromatic nitrogens is 1. The molecule has 1 atom stereocenters. The minimum atomic E-state index is -0.144. The number of hydrogen-bond acceptors (Lipinski definition) is 4. The molecule has 0 bridgehead atoms. The number of piperidine rings is 1. The van der Waals surface area contributed by atoms with Gasteiger partial charge in [-0.3, -0.25) is 4.79 Å². The van der Waals surface area contributed by atoms with Crippen molar-refractivity contribution in [2.45, 2.75) is 32.2 Å². The van der Waals surface area contributed by atoms with Crippen molar-refractivity contribution in [1.82, 2.24) is 10.3 Å². The van der Waals surface area contributed by atoms with Gasteiger partial charge in [-0.15, -0.1) is 0 Å². The first-order valence-electron chi connectivity index (χ1n) is 8.70. The topological polar surface area (TPSA) is 69.0 Å². The maximum absolute atomic E-state index is 12.8. The van der Waals surface area contributed by atoms with Crippen LogP contribution in [-0.4, -0.2) is 24.0 Å². The molecule has 1 unspecified atom stereocenters. The van der Waals surface area contributed by atoms with E-state index in [-0.39, 0.29) is 11.9 Å². The Morgan fingerprint density at radius 3 is 2.60 bits per heavy atom. The molecule has 1 aliphatic rings. The van der Waals surface area contributed by atoms with E-state index in [1.807, 2.05) is 25.1 Å². The molecule has 0 radical (unpaired) electrons. The zero-order chi connectivity index (χ0) is 17.6. The van der Waals surface area contributed by atoms with Crippen molar-refractivity contribution in [3.05, 3.63) is 59.3 Å². The Morgan fingerprint density at radius 1 is 1.20 bits per heavy atom. The molecule has 5 nitrogen and oxygen atoms in total.